The van der Waals surface area contributed by atoms with Gasteiger partial charge in [0, 0.05) is 23.1 Å². The predicted octanol–water partition coefficient (Wildman–Crippen LogP) is 4.56. The molecule has 2 amide bonds. The van der Waals surface area contributed by atoms with Crippen LogP contribution in [0.25, 0.3) is 0 Å². The number of anilines is 2. The van der Waals surface area contributed by atoms with Gasteiger partial charge in [0.25, 0.3) is 0 Å². The smallest absolute Gasteiger partial charge is 0.237 e. The van der Waals surface area contributed by atoms with E-state index in [1.54, 1.807) is 32.4 Å². The molecule has 6 nitrogen and oxygen atoms in total. The second kappa shape index (κ2) is 10.6. The fourth-order valence-electron chi connectivity index (χ4n) is 2.46. The first-order chi connectivity index (χ1) is 13.5. The predicted molar refractivity (Wildman–Crippen MR) is 113 cm³/mol. The van der Waals surface area contributed by atoms with Crippen LogP contribution in [0, 0.1) is 0 Å². The second-order valence-electron chi connectivity index (χ2n) is 6.14. The third-order valence-electron chi connectivity index (χ3n) is 3.96. The number of rotatable bonds is 9. The molecule has 0 saturated carbocycles. The minimum absolute atomic E-state index is 0.00378. The summed E-state index contributed by atoms with van der Waals surface area (Å²) in [4.78, 5) is 25.1. The maximum absolute atomic E-state index is 12.5. The number of benzene rings is 2. The largest absolute Gasteiger partial charge is 0.497 e. The molecule has 0 aliphatic rings. The summed E-state index contributed by atoms with van der Waals surface area (Å²) in [5.41, 5.74) is 1.35. The molecule has 0 fully saturated rings. The van der Waals surface area contributed by atoms with E-state index in [1.165, 1.54) is 11.8 Å². The van der Waals surface area contributed by atoms with Crippen LogP contribution in [0.15, 0.2) is 47.4 Å². The van der Waals surface area contributed by atoms with E-state index in [-0.39, 0.29) is 17.1 Å². The highest BCUT2D eigenvalue weighted by Crippen LogP contribution is 2.31. The molecule has 0 aromatic heterocycles. The zero-order valence-electron chi connectivity index (χ0n) is 16.6. The van der Waals surface area contributed by atoms with Gasteiger partial charge in [0.05, 0.1) is 25.2 Å². The van der Waals surface area contributed by atoms with Crippen LogP contribution in [0.3, 0.4) is 0 Å². The van der Waals surface area contributed by atoms with Gasteiger partial charge in [-0.15, -0.1) is 11.8 Å². The highest BCUT2D eigenvalue weighted by atomic mass is 32.2. The average Bonchev–Trinajstić information content (AvgIpc) is 2.69. The molecule has 2 rings (SSSR count). The third kappa shape index (κ3) is 6.20. The summed E-state index contributed by atoms with van der Waals surface area (Å²) < 4.78 is 10.5. The van der Waals surface area contributed by atoms with Gasteiger partial charge in [-0.2, -0.15) is 0 Å². The number of hydrogen-bond donors (Lipinski definition) is 2. The number of nitrogens with one attached hydrogen (secondary N) is 2. The fraction of sp³-hybridized carbons (Fsp3) is 0.333. The Morgan fingerprint density at radius 2 is 1.75 bits per heavy atom. The van der Waals surface area contributed by atoms with Gasteiger partial charge in [-0.05, 0) is 49.7 Å². The lowest BCUT2D eigenvalue weighted by atomic mass is 10.2. The van der Waals surface area contributed by atoms with Crippen LogP contribution in [0.5, 0.6) is 11.5 Å². The summed E-state index contributed by atoms with van der Waals surface area (Å²) >= 11 is 1.44. The van der Waals surface area contributed by atoms with Crippen molar-refractivity contribution in [2.45, 2.75) is 36.8 Å². The topological polar surface area (TPSA) is 76.7 Å². The Morgan fingerprint density at radius 1 is 1.04 bits per heavy atom. The second-order valence-corrected chi connectivity index (χ2v) is 7.55. The summed E-state index contributed by atoms with van der Waals surface area (Å²) in [5, 5.41) is 5.42. The first-order valence-electron chi connectivity index (χ1n) is 9.06. The van der Waals surface area contributed by atoms with Gasteiger partial charge >= 0.3 is 0 Å². The molecule has 2 N–H and O–H groups in total. The van der Waals surface area contributed by atoms with E-state index >= 15 is 0 Å². The van der Waals surface area contributed by atoms with Crippen LogP contribution >= 0.6 is 11.8 Å². The SMILES string of the molecule is CCCC(=O)Nc1ccc(SC(C)C(=O)Nc2ccc(OC)cc2OC)cc1. The van der Waals surface area contributed by atoms with E-state index in [2.05, 4.69) is 10.6 Å². The zero-order chi connectivity index (χ0) is 20.5. The Hall–Kier alpha value is -2.67. The van der Waals surface area contributed by atoms with Gasteiger partial charge in [0.1, 0.15) is 11.5 Å². The molecule has 0 aliphatic heterocycles. The summed E-state index contributed by atoms with van der Waals surface area (Å²) in [6.07, 6.45) is 1.31. The number of ether oxygens (including phenoxy) is 2. The molecule has 0 spiro atoms. The minimum atomic E-state index is -0.313. The lowest BCUT2D eigenvalue weighted by molar-refractivity contribution is -0.116. The minimum Gasteiger partial charge on any atom is -0.497 e. The molecule has 1 unspecified atom stereocenters. The van der Waals surface area contributed by atoms with E-state index in [0.717, 1.165) is 17.0 Å². The number of carbonyl (C=O) groups is 2. The molecule has 0 aliphatic carbocycles. The van der Waals surface area contributed by atoms with Crippen molar-refractivity contribution in [1.29, 1.82) is 0 Å². The molecule has 1 atom stereocenters. The lowest BCUT2D eigenvalue weighted by Gasteiger charge is -2.15. The molecular weight excluding hydrogens is 376 g/mol. The van der Waals surface area contributed by atoms with Gasteiger partial charge in [0.15, 0.2) is 0 Å². The first kappa shape index (κ1) is 21.6. The highest BCUT2D eigenvalue weighted by Gasteiger charge is 2.17. The quantitative estimate of drug-likeness (QED) is 0.601. The zero-order valence-corrected chi connectivity index (χ0v) is 17.4. The van der Waals surface area contributed by atoms with E-state index in [1.807, 2.05) is 38.1 Å². The number of amides is 2. The molecule has 150 valence electrons. The molecule has 0 radical (unpaired) electrons. The number of methoxy groups -OCH3 is 2. The Bertz CT molecular complexity index is 809. The maximum Gasteiger partial charge on any atom is 0.237 e. The Kier molecular flexibility index (Phi) is 8.19. The first-order valence-corrected chi connectivity index (χ1v) is 9.94. The third-order valence-corrected chi connectivity index (χ3v) is 5.08. The highest BCUT2D eigenvalue weighted by molar-refractivity contribution is 8.00. The van der Waals surface area contributed by atoms with Crippen LogP contribution in [-0.4, -0.2) is 31.3 Å². The van der Waals surface area contributed by atoms with E-state index in [9.17, 15) is 9.59 Å². The molecule has 0 bridgehead atoms. The van der Waals surface area contributed by atoms with E-state index in [0.29, 0.717) is 23.6 Å². The fourth-order valence-corrected chi connectivity index (χ4v) is 3.33. The van der Waals surface area contributed by atoms with Crippen molar-refractivity contribution in [3.05, 3.63) is 42.5 Å². The van der Waals surface area contributed by atoms with Crippen LogP contribution < -0.4 is 20.1 Å². The molecule has 2 aromatic rings. The monoisotopic (exact) mass is 402 g/mol. The number of hydrogen-bond acceptors (Lipinski definition) is 5. The summed E-state index contributed by atoms with van der Waals surface area (Å²) in [5.74, 6) is 1.07. The van der Waals surface area contributed by atoms with Crippen LogP contribution in [-0.2, 0) is 9.59 Å². The molecular formula is C21H26N2O4S. The lowest BCUT2D eigenvalue weighted by Crippen LogP contribution is -2.22. The van der Waals surface area contributed by atoms with Gasteiger partial charge in [-0.1, -0.05) is 6.92 Å². The Balaban J connectivity index is 1.96. The van der Waals surface area contributed by atoms with E-state index < -0.39 is 0 Å². The molecule has 0 heterocycles. The Labute approximate surface area is 170 Å². The van der Waals surface area contributed by atoms with Crippen molar-refractivity contribution in [2.75, 3.05) is 24.9 Å². The summed E-state index contributed by atoms with van der Waals surface area (Å²) in [6, 6.07) is 12.7. The Morgan fingerprint density at radius 3 is 2.36 bits per heavy atom. The number of carbonyl (C=O) groups excluding carboxylic acids is 2. The van der Waals surface area contributed by atoms with Gasteiger partial charge < -0.3 is 20.1 Å². The van der Waals surface area contributed by atoms with Crippen molar-refractivity contribution in [2.24, 2.45) is 0 Å². The molecule has 7 heteroatoms. The van der Waals surface area contributed by atoms with Crippen molar-refractivity contribution in [1.82, 2.24) is 0 Å². The summed E-state index contributed by atoms with van der Waals surface area (Å²) in [6.45, 7) is 3.81. The normalized spacial score (nSPS) is 11.4. The number of thioether (sulfide) groups is 1. The standard InChI is InChI=1S/C21H26N2O4S/c1-5-6-20(24)22-15-7-10-17(11-8-15)28-14(2)21(25)23-18-12-9-16(26-3)13-19(18)27-4/h7-14H,5-6H2,1-4H3,(H,22,24)(H,23,25). The van der Waals surface area contributed by atoms with Gasteiger partial charge in [-0.3, -0.25) is 9.59 Å². The molecule has 28 heavy (non-hydrogen) atoms. The van der Waals surface area contributed by atoms with Crippen molar-refractivity contribution >= 4 is 35.0 Å². The summed E-state index contributed by atoms with van der Waals surface area (Å²) in [7, 11) is 3.12. The average molecular weight is 403 g/mol. The van der Waals surface area contributed by atoms with Crippen molar-refractivity contribution in [3.8, 4) is 11.5 Å². The van der Waals surface area contributed by atoms with Crippen molar-refractivity contribution < 1.29 is 19.1 Å². The van der Waals surface area contributed by atoms with Crippen LogP contribution in [0.1, 0.15) is 26.7 Å². The van der Waals surface area contributed by atoms with Crippen molar-refractivity contribution in [3.63, 3.8) is 0 Å². The van der Waals surface area contributed by atoms with Crippen LogP contribution in [0.4, 0.5) is 11.4 Å². The molecule has 2 aromatic carbocycles. The van der Waals surface area contributed by atoms with E-state index in [4.69, 9.17) is 9.47 Å². The van der Waals surface area contributed by atoms with Crippen LogP contribution in [0.2, 0.25) is 0 Å². The van der Waals surface area contributed by atoms with Gasteiger partial charge in [0.2, 0.25) is 11.8 Å². The molecule has 0 saturated heterocycles. The maximum atomic E-state index is 12.5. The van der Waals surface area contributed by atoms with Gasteiger partial charge in [-0.25, -0.2) is 0 Å².